The van der Waals surface area contributed by atoms with Gasteiger partial charge in [-0.3, -0.25) is 4.79 Å². The first-order chi connectivity index (χ1) is 13.3. The Hall–Kier alpha value is -2.77. The first-order valence-electron chi connectivity index (χ1n) is 8.09. The molecule has 0 fully saturated rings. The highest BCUT2D eigenvalue weighted by Crippen LogP contribution is 2.39. The maximum atomic E-state index is 12.7. The summed E-state index contributed by atoms with van der Waals surface area (Å²) < 4.78 is 41.4. The maximum Gasteiger partial charge on any atom is 0.573 e. The van der Waals surface area contributed by atoms with Crippen molar-refractivity contribution >= 4 is 55.4 Å². The van der Waals surface area contributed by atoms with Gasteiger partial charge in [-0.1, -0.05) is 48.0 Å². The molecular formula is C20H11ClF3NO2S. The zero-order valence-corrected chi connectivity index (χ0v) is 15.6. The van der Waals surface area contributed by atoms with Crippen LogP contribution in [-0.2, 0) is 0 Å². The summed E-state index contributed by atoms with van der Waals surface area (Å²) in [4.78, 5) is 13.0. The molecule has 4 aromatic rings. The van der Waals surface area contributed by atoms with E-state index in [4.69, 9.17) is 11.6 Å². The van der Waals surface area contributed by atoms with E-state index in [-0.39, 0.29) is 5.75 Å². The van der Waals surface area contributed by atoms with E-state index in [9.17, 15) is 18.0 Å². The van der Waals surface area contributed by atoms with Crippen LogP contribution in [0.25, 0.3) is 20.9 Å². The van der Waals surface area contributed by atoms with Gasteiger partial charge in [0.15, 0.2) is 0 Å². The number of hydrogen-bond donors (Lipinski definition) is 1. The van der Waals surface area contributed by atoms with Crippen LogP contribution in [0.15, 0.2) is 60.7 Å². The molecule has 4 rings (SSSR count). The highest BCUT2D eigenvalue weighted by atomic mass is 35.5. The second-order valence-corrected chi connectivity index (χ2v) is 7.33. The number of rotatable bonds is 3. The number of thiophene rings is 1. The number of hydrogen-bond acceptors (Lipinski definition) is 3. The second kappa shape index (κ2) is 7.00. The number of nitrogens with one attached hydrogen (secondary N) is 1. The minimum atomic E-state index is -4.77. The van der Waals surface area contributed by atoms with E-state index in [0.717, 1.165) is 33.0 Å². The fourth-order valence-electron chi connectivity index (χ4n) is 2.87. The van der Waals surface area contributed by atoms with Gasteiger partial charge in [0.25, 0.3) is 5.91 Å². The third kappa shape index (κ3) is 3.63. The summed E-state index contributed by atoms with van der Waals surface area (Å²) in [5.74, 6) is -0.795. The number of benzene rings is 3. The fourth-order valence-corrected chi connectivity index (χ4v) is 4.41. The molecule has 0 aliphatic rings. The van der Waals surface area contributed by atoms with Crippen LogP contribution in [-0.4, -0.2) is 12.3 Å². The van der Waals surface area contributed by atoms with Gasteiger partial charge in [0.1, 0.15) is 10.6 Å². The van der Waals surface area contributed by atoms with Crippen molar-refractivity contribution in [1.29, 1.82) is 0 Å². The van der Waals surface area contributed by atoms with E-state index in [1.807, 2.05) is 36.4 Å². The Morgan fingerprint density at radius 1 is 0.964 bits per heavy atom. The van der Waals surface area contributed by atoms with Gasteiger partial charge in [0.05, 0.1) is 5.02 Å². The molecule has 3 nitrogen and oxygen atoms in total. The first-order valence-corrected chi connectivity index (χ1v) is 9.28. The van der Waals surface area contributed by atoms with Gasteiger partial charge in [-0.25, -0.2) is 0 Å². The van der Waals surface area contributed by atoms with Crippen molar-refractivity contribution in [2.24, 2.45) is 0 Å². The number of fused-ring (bicyclic) bond motifs is 3. The number of anilines is 1. The molecule has 0 atom stereocenters. The molecule has 0 saturated carbocycles. The summed E-state index contributed by atoms with van der Waals surface area (Å²) >= 11 is 7.70. The lowest BCUT2D eigenvalue weighted by atomic mass is 10.1. The van der Waals surface area contributed by atoms with Gasteiger partial charge in [0.2, 0.25) is 0 Å². The van der Waals surface area contributed by atoms with Gasteiger partial charge in [-0.2, -0.15) is 0 Å². The van der Waals surface area contributed by atoms with Crippen LogP contribution in [0, 0.1) is 0 Å². The van der Waals surface area contributed by atoms with E-state index in [0.29, 0.717) is 15.6 Å². The van der Waals surface area contributed by atoms with E-state index >= 15 is 0 Å². The van der Waals surface area contributed by atoms with Gasteiger partial charge in [-0.15, -0.1) is 24.5 Å². The normalized spacial score (nSPS) is 11.7. The zero-order valence-electron chi connectivity index (χ0n) is 14.0. The van der Waals surface area contributed by atoms with Crippen LogP contribution in [0.5, 0.6) is 5.75 Å². The number of carbonyl (C=O) groups excluding carboxylic acids is 1. The Morgan fingerprint density at radius 2 is 1.68 bits per heavy atom. The highest BCUT2D eigenvalue weighted by Gasteiger charge is 2.31. The standard InChI is InChI=1S/C20H11ClF3NO2S/c21-16-15-10-5-11-3-1-2-4-14(11)17(15)28-18(16)19(26)25-12-6-8-13(9-7-12)27-20(22,23)24/h1-10H,(H,25,26). The third-order valence-corrected chi connectivity index (χ3v) is 5.81. The second-order valence-electron chi connectivity index (χ2n) is 5.93. The summed E-state index contributed by atoms with van der Waals surface area (Å²) in [5, 5.41) is 5.82. The van der Waals surface area contributed by atoms with Crippen molar-refractivity contribution in [3.63, 3.8) is 0 Å². The monoisotopic (exact) mass is 421 g/mol. The van der Waals surface area contributed by atoms with Crippen LogP contribution < -0.4 is 10.1 Å². The van der Waals surface area contributed by atoms with Gasteiger partial charge < -0.3 is 10.1 Å². The minimum Gasteiger partial charge on any atom is -0.406 e. The van der Waals surface area contributed by atoms with Crippen LogP contribution in [0.3, 0.4) is 0 Å². The quantitative estimate of drug-likeness (QED) is 0.392. The smallest absolute Gasteiger partial charge is 0.406 e. The lowest BCUT2D eigenvalue weighted by molar-refractivity contribution is -0.274. The fraction of sp³-hybridized carbons (Fsp3) is 0.0500. The average molecular weight is 422 g/mol. The van der Waals surface area contributed by atoms with Crippen LogP contribution >= 0.6 is 22.9 Å². The molecule has 0 aliphatic carbocycles. The molecule has 1 aromatic heterocycles. The van der Waals surface area contributed by atoms with Crippen molar-refractivity contribution in [3.8, 4) is 5.75 Å². The van der Waals surface area contributed by atoms with Crippen molar-refractivity contribution in [2.75, 3.05) is 5.32 Å². The minimum absolute atomic E-state index is 0.331. The summed E-state index contributed by atoms with van der Waals surface area (Å²) in [6, 6.07) is 16.5. The Morgan fingerprint density at radius 3 is 2.39 bits per heavy atom. The Kier molecular flexibility index (Phi) is 4.64. The number of amides is 1. The predicted molar refractivity (Wildman–Crippen MR) is 105 cm³/mol. The number of ether oxygens (including phenoxy) is 1. The molecule has 142 valence electrons. The summed E-state index contributed by atoms with van der Waals surface area (Å²) in [6.45, 7) is 0. The number of alkyl halides is 3. The Bertz CT molecular complexity index is 1190. The Labute approximate surface area is 166 Å². The summed E-state index contributed by atoms with van der Waals surface area (Å²) in [7, 11) is 0. The van der Waals surface area contributed by atoms with E-state index < -0.39 is 12.3 Å². The lowest BCUT2D eigenvalue weighted by Gasteiger charge is -2.09. The molecule has 0 radical (unpaired) electrons. The van der Waals surface area contributed by atoms with E-state index in [1.165, 1.54) is 23.5 Å². The first kappa shape index (κ1) is 18.6. The number of halogens is 4. The van der Waals surface area contributed by atoms with Crippen molar-refractivity contribution in [2.45, 2.75) is 6.36 Å². The molecule has 1 N–H and O–H groups in total. The molecule has 0 aliphatic heterocycles. The zero-order chi connectivity index (χ0) is 19.9. The van der Waals surface area contributed by atoms with Gasteiger partial charge in [-0.05, 0) is 35.0 Å². The maximum absolute atomic E-state index is 12.7. The van der Waals surface area contributed by atoms with E-state index in [1.54, 1.807) is 0 Å². The lowest BCUT2D eigenvalue weighted by Crippen LogP contribution is -2.17. The van der Waals surface area contributed by atoms with Crippen LogP contribution in [0.1, 0.15) is 9.67 Å². The van der Waals surface area contributed by atoms with Gasteiger partial charge in [0, 0.05) is 15.8 Å². The van der Waals surface area contributed by atoms with Crippen LogP contribution in [0.2, 0.25) is 5.02 Å². The topological polar surface area (TPSA) is 38.3 Å². The molecule has 28 heavy (non-hydrogen) atoms. The third-order valence-electron chi connectivity index (χ3n) is 4.07. The molecule has 1 amide bonds. The Balaban J connectivity index is 1.62. The molecular weight excluding hydrogens is 411 g/mol. The summed E-state index contributed by atoms with van der Waals surface area (Å²) in [5.41, 5.74) is 0.331. The van der Waals surface area contributed by atoms with Crippen LogP contribution in [0.4, 0.5) is 18.9 Å². The highest BCUT2D eigenvalue weighted by molar-refractivity contribution is 7.22. The molecule has 0 bridgehead atoms. The molecule has 3 aromatic carbocycles. The van der Waals surface area contributed by atoms with Crippen molar-refractivity contribution in [1.82, 2.24) is 0 Å². The van der Waals surface area contributed by atoms with Crippen molar-refractivity contribution < 1.29 is 22.7 Å². The predicted octanol–water partition coefficient (Wildman–Crippen LogP) is 6.86. The van der Waals surface area contributed by atoms with Gasteiger partial charge >= 0.3 is 6.36 Å². The molecule has 0 spiro atoms. The molecule has 0 unspecified atom stereocenters. The summed E-state index contributed by atoms with van der Waals surface area (Å²) in [6.07, 6.45) is -4.77. The van der Waals surface area contributed by atoms with E-state index in [2.05, 4.69) is 10.1 Å². The largest absolute Gasteiger partial charge is 0.573 e. The number of carbonyl (C=O) groups is 1. The van der Waals surface area contributed by atoms with Crippen molar-refractivity contribution in [3.05, 3.63) is 70.6 Å². The molecule has 0 saturated heterocycles. The average Bonchev–Trinajstić information content (AvgIpc) is 2.99. The SMILES string of the molecule is O=C(Nc1ccc(OC(F)(F)F)cc1)c1sc2c(ccc3ccccc32)c1Cl. The molecule has 8 heteroatoms. The molecule has 1 heterocycles.